The van der Waals surface area contributed by atoms with E-state index < -0.39 is 16.0 Å². The molecule has 0 amide bonds. The number of benzene rings is 2. The highest BCUT2D eigenvalue weighted by molar-refractivity contribution is 7.92. The van der Waals surface area contributed by atoms with E-state index in [0.29, 0.717) is 28.7 Å². The van der Waals surface area contributed by atoms with Crippen LogP contribution in [0.5, 0.6) is 0 Å². The number of rotatable bonds is 9. The molecule has 2 aromatic carbocycles. The molecule has 1 saturated heterocycles. The van der Waals surface area contributed by atoms with Gasteiger partial charge in [0.25, 0.3) is 10.0 Å². The third-order valence-electron chi connectivity index (χ3n) is 6.99. The Kier molecular flexibility index (Phi) is 8.04. The minimum atomic E-state index is -3.82. The standard InChI is InChI=1S/C28H36N4O4S/c1-5-21-6-9-23(10-7-21)37(35,36)30-22-8-11-26-24(17-22)25(28(33)34)18-27(29-26)32-14-12-31(13-15-32)20(4)16-19(2)3/h6-11,17-20,30H,5,12-16H2,1-4H3,(H,33,34). The van der Waals surface area contributed by atoms with Gasteiger partial charge in [0.05, 0.1) is 16.0 Å². The van der Waals surface area contributed by atoms with Crippen molar-refractivity contribution < 1.29 is 18.3 Å². The smallest absolute Gasteiger partial charge is 0.336 e. The molecule has 1 unspecified atom stereocenters. The molecule has 37 heavy (non-hydrogen) atoms. The van der Waals surface area contributed by atoms with Crippen LogP contribution in [-0.2, 0) is 16.4 Å². The first-order chi connectivity index (χ1) is 17.6. The summed E-state index contributed by atoms with van der Waals surface area (Å²) >= 11 is 0. The van der Waals surface area contributed by atoms with Crippen LogP contribution in [0.4, 0.5) is 11.5 Å². The first-order valence-electron chi connectivity index (χ1n) is 12.9. The van der Waals surface area contributed by atoms with Gasteiger partial charge >= 0.3 is 5.97 Å². The van der Waals surface area contributed by atoms with Crippen molar-refractivity contribution in [3.8, 4) is 0 Å². The lowest BCUT2D eigenvalue weighted by atomic mass is 10.0. The number of aromatic nitrogens is 1. The van der Waals surface area contributed by atoms with E-state index in [-0.39, 0.29) is 16.1 Å². The average Bonchev–Trinajstić information content (AvgIpc) is 2.87. The van der Waals surface area contributed by atoms with Gasteiger partial charge in [0.2, 0.25) is 0 Å². The second kappa shape index (κ2) is 11.1. The Labute approximate surface area is 219 Å². The third kappa shape index (κ3) is 6.22. The SMILES string of the molecule is CCc1ccc(S(=O)(=O)Nc2ccc3nc(N4CCN(C(C)CC(C)C)CC4)cc(C(=O)O)c3c2)cc1. The molecule has 4 rings (SSSR count). The first-order valence-corrected chi connectivity index (χ1v) is 14.3. The lowest BCUT2D eigenvalue weighted by Crippen LogP contribution is -2.50. The molecular weight excluding hydrogens is 488 g/mol. The van der Waals surface area contributed by atoms with Crippen LogP contribution in [0.15, 0.2) is 53.4 Å². The molecule has 3 aromatic rings. The number of aromatic carboxylic acids is 1. The van der Waals surface area contributed by atoms with Crippen LogP contribution in [0.1, 0.15) is 50.0 Å². The van der Waals surface area contributed by atoms with Gasteiger partial charge in [-0.3, -0.25) is 9.62 Å². The van der Waals surface area contributed by atoms with Crippen molar-refractivity contribution in [2.75, 3.05) is 35.8 Å². The van der Waals surface area contributed by atoms with E-state index in [2.05, 4.69) is 35.3 Å². The van der Waals surface area contributed by atoms with Gasteiger partial charge in [0.1, 0.15) is 5.82 Å². The Hall–Kier alpha value is -3.17. The summed E-state index contributed by atoms with van der Waals surface area (Å²) in [6, 6.07) is 13.6. The summed E-state index contributed by atoms with van der Waals surface area (Å²) in [5.41, 5.74) is 1.95. The van der Waals surface area contributed by atoms with Gasteiger partial charge in [0.15, 0.2) is 0 Å². The summed E-state index contributed by atoms with van der Waals surface area (Å²) in [4.78, 5) is 21.7. The van der Waals surface area contributed by atoms with Gasteiger partial charge in [-0.15, -0.1) is 0 Å². The summed E-state index contributed by atoms with van der Waals surface area (Å²) in [5, 5.41) is 10.4. The fourth-order valence-corrected chi connectivity index (χ4v) is 6.01. The highest BCUT2D eigenvalue weighted by atomic mass is 32.2. The van der Waals surface area contributed by atoms with E-state index in [1.165, 1.54) is 0 Å². The molecule has 2 heterocycles. The van der Waals surface area contributed by atoms with Gasteiger partial charge in [0, 0.05) is 43.3 Å². The Morgan fingerprint density at radius 3 is 2.30 bits per heavy atom. The molecule has 9 heteroatoms. The number of aryl methyl sites for hydroxylation is 1. The summed E-state index contributed by atoms with van der Waals surface area (Å²) in [6.45, 7) is 12.1. The molecule has 1 aromatic heterocycles. The number of nitrogens with zero attached hydrogens (tertiary/aromatic N) is 3. The number of hydrogen-bond donors (Lipinski definition) is 2. The number of hydrogen-bond acceptors (Lipinski definition) is 6. The number of fused-ring (bicyclic) bond motifs is 1. The van der Waals surface area contributed by atoms with Crippen molar-refractivity contribution in [2.24, 2.45) is 5.92 Å². The average molecular weight is 525 g/mol. The summed E-state index contributed by atoms with van der Waals surface area (Å²) in [5.74, 6) is 0.197. The Morgan fingerprint density at radius 1 is 1.03 bits per heavy atom. The van der Waals surface area contributed by atoms with Crippen LogP contribution in [0.3, 0.4) is 0 Å². The fourth-order valence-electron chi connectivity index (χ4n) is 4.96. The molecule has 0 spiro atoms. The fraction of sp³-hybridized carbons (Fsp3) is 0.429. The number of carboxylic acid groups (broad SMARTS) is 1. The summed E-state index contributed by atoms with van der Waals surface area (Å²) in [6.07, 6.45) is 1.96. The van der Waals surface area contributed by atoms with Crippen molar-refractivity contribution in [2.45, 2.75) is 51.5 Å². The predicted molar refractivity (Wildman–Crippen MR) is 148 cm³/mol. The number of anilines is 2. The number of nitrogens with one attached hydrogen (secondary N) is 1. The zero-order valence-electron chi connectivity index (χ0n) is 21.9. The summed E-state index contributed by atoms with van der Waals surface area (Å²) in [7, 11) is -3.82. The van der Waals surface area contributed by atoms with Gasteiger partial charge in [-0.05, 0) is 67.6 Å². The molecule has 1 aliphatic heterocycles. The molecular formula is C28H36N4O4S. The molecule has 2 N–H and O–H groups in total. The second-order valence-corrected chi connectivity index (χ2v) is 11.9. The maximum atomic E-state index is 12.9. The molecule has 0 bridgehead atoms. The number of carbonyl (C=O) groups is 1. The highest BCUT2D eigenvalue weighted by Crippen LogP contribution is 2.28. The van der Waals surface area contributed by atoms with E-state index in [0.717, 1.165) is 44.6 Å². The van der Waals surface area contributed by atoms with E-state index in [4.69, 9.17) is 4.98 Å². The van der Waals surface area contributed by atoms with Crippen LogP contribution in [0.2, 0.25) is 0 Å². The molecule has 0 aliphatic carbocycles. The van der Waals surface area contributed by atoms with Crippen LogP contribution < -0.4 is 9.62 Å². The monoisotopic (exact) mass is 524 g/mol. The number of carboxylic acids is 1. The van der Waals surface area contributed by atoms with Crippen LogP contribution in [0, 0.1) is 5.92 Å². The van der Waals surface area contributed by atoms with Gasteiger partial charge < -0.3 is 10.0 Å². The van der Waals surface area contributed by atoms with Crippen molar-refractivity contribution in [3.63, 3.8) is 0 Å². The first kappa shape index (κ1) is 26.9. The number of sulfonamides is 1. The molecule has 1 fully saturated rings. The topological polar surface area (TPSA) is 103 Å². The van der Waals surface area contributed by atoms with Crippen LogP contribution in [0.25, 0.3) is 10.9 Å². The van der Waals surface area contributed by atoms with Crippen LogP contribution in [-0.4, -0.2) is 61.6 Å². The molecule has 1 atom stereocenters. The van der Waals surface area contributed by atoms with E-state index in [9.17, 15) is 18.3 Å². The number of piperazine rings is 1. The lowest BCUT2D eigenvalue weighted by Gasteiger charge is -2.39. The zero-order valence-corrected chi connectivity index (χ0v) is 22.8. The van der Waals surface area contributed by atoms with Crippen molar-refractivity contribution in [3.05, 3.63) is 59.7 Å². The maximum absolute atomic E-state index is 12.9. The van der Waals surface area contributed by atoms with Gasteiger partial charge in [-0.1, -0.05) is 32.9 Å². The van der Waals surface area contributed by atoms with Crippen molar-refractivity contribution in [1.82, 2.24) is 9.88 Å². The van der Waals surface area contributed by atoms with E-state index in [1.54, 1.807) is 48.5 Å². The van der Waals surface area contributed by atoms with Gasteiger partial charge in [-0.25, -0.2) is 18.2 Å². The van der Waals surface area contributed by atoms with Crippen LogP contribution >= 0.6 is 0 Å². The molecule has 0 saturated carbocycles. The molecule has 0 radical (unpaired) electrons. The normalized spacial score (nSPS) is 15.8. The minimum absolute atomic E-state index is 0.101. The maximum Gasteiger partial charge on any atom is 0.336 e. The largest absolute Gasteiger partial charge is 0.478 e. The summed E-state index contributed by atoms with van der Waals surface area (Å²) < 4.78 is 28.4. The molecule has 198 valence electrons. The Bertz CT molecular complexity index is 1360. The predicted octanol–water partition coefficient (Wildman–Crippen LogP) is 4.85. The van der Waals surface area contributed by atoms with Crippen molar-refractivity contribution >= 4 is 38.4 Å². The Morgan fingerprint density at radius 2 is 1.70 bits per heavy atom. The van der Waals surface area contributed by atoms with E-state index in [1.807, 2.05) is 6.92 Å². The zero-order chi connectivity index (χ0) is 26.7. The third-order valence-corrected chi connectivity index (χ3v) is 8.39. The quantitative estimate of drug-likeness (QED) is 0.412. The minimum Gasteiger partial charge on any atom is -0.478 e. The second-order valence-electron chi connectivity index (χ2n) is 10.2. The van der Waals surface area contributed by atoms with Crippen molar-refractivity contribution in [1.29, 1.82) is 0 Å². The highest BCUT2D eigenvalue weighted by Gasteiger charge is 2.24. The Balaban J connectivity index is 1.57. The molecule has 8 nitrogen and oxygen atoms in total. The number of pyridine rings is 1. The lowest BCUT2D eigenvalue weighted by molar-refractivity contribution is 0.0699. The van der Waals surface area contributed by atoms with Gasteiger partial charge in [-0.2, -0.15) is 0 Å². The van der Waals surface area contributed by atoms with E-state index >= 15 is 0 Å². The molecule has 1 aliphatic rings.